The Hall–Kier alpha value is -2.77. The molecule has 2 heterocycles. The summed E-state index contributed by atoms with van der Waals surface area (Å²) in [5, 5.41) is 11.2. The summed E-state index contributed by atoms with van der Waals surface area (Å²) in [5.41, 5.74) is 4.02. The van der Waals surface area contributed by atoms with Crippen LogP contribution in [0.3, 0.4) is 0 Å². The lowest BCUT2D eigenvalue weighted by Gasteiger charge is -2.29. The van der Waals surface area contributed by atoms with Crippen LogP contribution >= 0.6 is 0 Å². The highest BCUT2D eigenvalue weighted by atomic mass is 16.5. The van der Waals surface area contributed by atoms with Crippen LogP contribution in [0.4, 0.5) is 0 Å². The van der Waals surface area contributed by atoms with Gasteiger partial charge in [0.2, 0.25) is 6.71 Å². The molecule has 2 N–H and O–H groups in total. The second-order valence-corrected chi connectivity index (χ2v) is 7.32. The average molecular weight is 374 g/mol. The van der Waals surface area contributed by atoms with E-state index in [1.807, 2.05) is 0 Å². The molecule has 1 aliphatic rings. The maximum atomic E-state index is 11.4. The third-order valence-electron chi connectivity index (χ3n) is 5.52. The quantitative estimate of drug-likeness (QED) is 0.406. The molecule has 1 saturated heterocycles. The van der Waals surface area contributed by atoms with E-state index in [9.17, 15) is 4.79 Å². The maximum absolute atomic E-state index is 11.4. The molecule has 0 saturated carbocycles. The van der Waals surface area contributed by atoms with Gasteiger partial charge in [0.25, 0.3) is 5.91 Å². The van der Waals surface area contributed by atoms with Gasteiger partial charge in [-0.1, -0.05) is 55.1 Å². The van der Waals surface area contributed by atoms with Gasteiger partial charge in [0, 0.05) is 18.9 Å². The van der Waals surface area contributed by atoms with Crippen LogP contribution in [0.5, 0.6) is 0 Å². The Labute approximate surface area is 164 Å². The molecule has 28 heavy (non-hydrogen) atoms. The summed E-state index contributed by atoms with van der Waals surface area (Å²) in [5.74, 6) is -0.588. The van der Waals surface area contributed by atoms with Gasteiger partial charge >= 0.3 is 0 Å². The topological polar surface area (TPSA) is 78.3 Å². The number of nitrogens with one attached hydrogen (secondary N) is 1. The number of benzene rings is 2. The van der Waals surface area contributed by atoms with Gasteiger partial charge in [-0.15, -0.1) is 0 Å². The molecule has 0 radical (unpaired) electrons. The molecule has 0 unspecified atom stereocenters. The van der Waals surface area contributed by atoms with E-state index in [2.05, 4.69) is 57.3 Å². The number of fused-ring (bicyclic) bond motifs is 1. The molecular weight excluding hydrogens is 351 g/mol. The predicted molar refractivity (Wildman–Crippen MR) is 110 cm³/mol. The summed E-state index contributed by atoms with van der Waals surface area (Å²) in [6, 6.07) is 15.2. The van der Waals surface area contributed by atoms with Crippen molar-refractivity contribution in [3.8, 4) is 0 Å². The molecule has 0 bridgehead atoms. The van der Waals surface area contributed by atoms with Crippen LogP contribution in [-0.4, -0.2) is 52.3 Å². The van der Waals surface area contributed by atoms with Gasteiger partial charge in [-0.05, 0) is 35.8 Å². The highest BCUT2D eigenvalue weighted by Crippen LogP contribution is 2.17. The van der Waals surface area contributed by atoms with Crippen molar-refractivity contribution in [3.05, 3.63) is 66.0 Å². The van der Waals surface area contributed by atoms with Crippen LogP contribution in [0.15, 0.2) is 54.9 Å². The molecule has 4 rings (SSSR count). The fourth-order valence-electron chi connectivity index (χ4n) is 3.83. The van der Waals surface area contributed by atoms with Gasteiger partial charge in [0.15, 0.2) is 0 Å². The molecule has 1 aromatic heterocycles. The van der Waals surface area contributed by atoms with E-state index in [-0.39, 0.29) is 5.56 Å². The fraction of sp³-hybridized carbons (Fsp3) is 0.286. The fourth-order valence-corrected chi connectivity index (χ4v) is 3.83. The Bertz CT molecular complexity index is 956. The van der Waals surface area contributed by atoms with Gasteiger partial charge in [-0.3, -0.25) is 20.0 Å². The average Bonchev–Trinajstić information content (AvgIpc) is 2.77. The van der Waals surface area contributed by atoms with Gasteiger partial charge in [0.05, 0.1) is 11.3 Å². The van der Waals surface area contributed by atoms with Crippen molar-refractivity contribution in [1.82, 2.24) is 20.3 Å². The zero-order chi connectivity index (χ0) is 19.3. The van der Waals surface area contributed by atoms with E-state index >= 15 is 0 Å². The highest BCUT2D eigenvalue weighted by Gasteiger charge is 2.26. The number of amides is 1. The predicted octanol–water partition coefficient (Wildman–Crippen LogP) is 2.01. The second-order valence-electron chi connectivity index (χ2n) is 7.32. The summed E-state index contributed by atoms with van der Waals surface area (Å²) in [7, 11) is 0. The first kappa shape index (κ1) is 18.6. The van der Waals surface area contributed by atoms with Crippen molar-refractivity contribution in [2.75, 3.05) is 19.6 Å². The zero-order valence-electron chi connectivity index (χ0n) is 15.7. The molecular formula is C21H23BN4O2. The van der Waals surface area contributed by atoms with Crippen LogP contribution in [0.25, 0.3) is 10.8 Å². The Kier molecular flexibility index (Phi) is 5.64. The lowest BCUT2D eigenvalue weighted by Crippen LogP contribution is -2.46. The number of carbonyl (C=O) groups is 1. The molecule has 0 atom stereocenters. The summed E-state index contributed by atoms with van der Waals surface area (Å²) in [4.78, 5) is 22.5. The molecule has 7 heteroatoms. The first-order valence-corrected chi connectivity index (χ1v) is 9.69. The number of rotatable bonds is 5. The second kappa shape index (κ2) is 8.50. The number of carbonyl (C=O) groups excluding carboxylic acids is 1. The van der Waals surface area contributed by atoms with Crippen molar-refractivity contribution < 1.29 is 10.0 Å². The van der Waals surface area contributed by atoms with Gasteiger partial charge in [-0.2, -0.15) is 0 Å². The minimum atomic E-state index is -0.588. The molecule has 142 valence electrons. The largest absolute Gasteiger partial charge is 0.304 e. The monoisotopic (exact) mass is 374 g/mol. The maximum Gasteiger partial charge on any atom is 0.277 e. The highest BCUT2D eigenvalue weighted by molar-refractivity contribution is 6.71. The first-order chi connectivity index (χ1) is 13.7. The van der Waals surface area contributed by atoms with Crippen molar-refractivity contribution in [1.29, 1.82) is 0 Å². The lowest BCUT2D eigenvalue weighted by molar-refractivity contribution is 0.0705. The molecule has 6 nitrogen and oxygen atoms in total. The Morgan fingerprint density at radius 1 is 1.07 bits per heavy atom. The van der Waals surface area contributed by atoms with Crippen molar-refractivity contribution in [3.63, 3.8) is 0 Å². The van der Waals surface area contributed by atoms with E-state index in [0.29, 0.717) is 6.71 Å². The third-order valence-corrected chi connectivity index (χ3v) is 5.52. The number of aromatic nitrogens is 2. The van der Waals surface area contributed by atoms with Crippen molar-refractivity contribution in [2.45, 2.75) is 19.1 Å². The SMILES string of the molecule is O=C(NO)c1cnc(B2CCN(CCc3ccc4ccccc4c3)CC2)nc1. The number of hydrogen-bond acceptors (Lipinski definition) is 5. The Morgan fingerprint density at radius 2 is 1.79 bits per heavy atom. The standard InChI is InChI=1S/C21H23BN4O2/c27-20(25-28)19-14-23-21(24-15-19)22-8-11-26(12-9-22)10-7-16-5-6-17-3-1-2-4-18(17)13-16/h1-6,13-15,28H,7-12H2,(H,25,27). The minimum absolute atomic E-state index is 0.263. The van der Waals surface area contributed by atoms with Gasteiger partial charge in [0.1, 0.15) is 0 Å². The van der Waals surface area contributed by atoms with E-state index < -0.39 is 5.91 Å². The Morgan fingerprint density at radius 3 is 2.50 bits per heavy atom. The first-order valence-electron chi connectivity index (χ1n) is 9.69. The molecule has 2 aromatic carbocycles. The van der Waals surface area contributed by atoms with Crippen LogP contribution in [-0.2, 0) is 6.42 Å². The molecule has 1 aliphatic heterocycles. The molecule has 0 aliphatic carbocycles. The summed E-state index contributed by atoms with van der Waals surface area (Å²) in [6.45, 7) is 3.44. The molecule has 3 aromatic rings. The van der Waals surface area contributed by atoms with Crippen LogP contribution in [0, 0.1) is 0 Å². The van der Waals surface area contributed by atoms with E-state index in [1.54, 1.807) is 5.48 Å². The van der Waals surface area contributed by atoms with Crippen LogP contribution < -0.4 is 11.2 Å². The summed E-state index contributed by atoms with van der Waals surface area (Å²) in [6.07, 6.45) is 6.03. The van der Waals surface area contributed by atoms with E-state index in [0.717, 1.165) is 44.4 Å². The number of nitrogens with zero attached hydrogens (tertiary/aromatic N) is 3. The number of hydroxylamine groups is 1. The van der Waals surface area contributed by atoms with Crippen LogP contribution in [0.2, 0.25) is 12.6 Å². The van der Waals surface area contributed by atoms with Gasteiger partial charge < -0.3 is 4.90 Å². The smallest absolute Gasteiger partial charge is 0.277 e. The molecule has 1 amide bonds. The Balaban J connectivity index is 1.29. The molecule has 1 fully saturated rings. The van der Waals surface area contributed by atoms with Gasteiger partial charge in [-0.25, -0.2) is 5.48 Å². The minimum Gasteiger partial charge on any atom is -0.304 e. The third kappa shape index (κ3) is 4.21. The summed E-state index contributed by atoms with van der Waals surface area (Å²) < 4.78 is 0. The van der Waals surface area contributed by atoms with Crippen molar-refractivity contribution >= 4 is 29.1 Å². The van der Waals surface area contributed by atoms with E-state index in [1.165, 1.54) is 28.7 Å². The summed E-state index contributed by atoms with van der Waals surface area (Å²) >= 11 is 0. The van der Waals surface area contributed by atoms with E-state index in [4.69, 9.17) is 5.21 Å². The zero-order valence-corrected chi connectivity index (χ0v) is 15.7. The normalized spacial score (nSPS) is 15.0. The molecule has 0 spiro atoms. The van der Waals surface area contributed by atoms with Crippen molar-refractivity contribution in [2.24, 2.45) is 0 Å². The lowest BCUT2D eigenvalue weighted by atomic mass is 9.43. The number of hydrogen-bond donors (Lipinski definition) is 2. The van der Waals surface area contributed by atoms with Crippen LogP contribution in [0.1, 0.15) is 15.9 Å².